The fourth-order valence-corrected chi connectivity index (χ4v) is 2.75. The first-order chi connectivity index (χ1) is 10.5. The van der Waals surface area contributed by atoms with Crippen molar-refractivity contribution >= 4 is 11.9 Å². The summed E-state index contributed by atoms with van der Waals surface area (Å²) < 4.78 is 10.1. The summed E-state index contributed by atoms with van der Waals surface area (Å²) in [6.45, 7) is 5.55. The molecule has 1 aliphatic rings. The highest BCUT2D eigenvalue weighted by Gasteiger charge is 2.41. The van der Waals surface area contributed by atoms with Crippen molar-refractivity contribution in [3.63, 3.8) is 0 Å². The van der Waals surface area contributed by atoms with E-state index < -0.39 is 23.8 Å². The van der Waals surface area contributed by atoms with Gasteiger partial charge in [-0.1, -0.05) is 0 Å². The van der Waals surface area contributed by atoms with Gasteiger partial charge in [0, 0.05) is 12.0 Å². The number of nitrogens with one attached hydrogen (secondary N) is 1. The molecule has 0 radical (unpaired) electrons. The van der Waals surface area contributed by atoms with Crippen LogP contribution in [0.1, 0.15) is 30.9 Å². The molecule has 1 heterocycles. The van der Waals surface area contributed by atoms with E-state index in [1.54, 1.807) is 20.8 Å². The van der Waals surface area contributed by atoms with Crippen LogP contribution in [0.3, 0.4) is 0 Å². The molecule has 0 amide bonds. The maximum absolute atomic E-state index is 12.2. The standard InChI is InChI=1S/C15H20N2O5/c1-4-21-14(19)9-6-11-12(16-8(3)17-13(11)18)7-10(9)15(20)22-5-2/h9-10H,4-7H2,1-3H3,(H,16,17,18)/t9-,10-/m1/s1. The third-order valence-electron chi connectivity index (χ3n) is 3.72. The van der Waals surface area contributed by atoms with E-state index in [0.717, 1.165) is 0 Å². The summed E-state index contributed by atoms with van der Waals surface area (Å²) in [5, 5.41) is 0. The SMILES string of the molecule is CCOC(=O)[C@@H]1Cc2nc(C)[nH]c(=O)c2C[C@H]1C(=O)OCC. The van der Waals surface area contributed by atoms with Gasteiger partial charge >= 0.3 is 11.9 Å². The summed E-state index contributed by atoms with van der Waals surface area (Å²) in [4.78, 5) is 43.3. The van der Waals surface area contributed by atoms with Gasteiger partial charge in [0.05, 0.1) is 30.7 Å². The van der Waals surface area contributed by atoms with Crippen LogP contribution in [0.5, 0.6) is 0 Å². The smallest absolute Gasteiger partial charge is 0.310 e. The number of esters is 2. The lowest BCUT2D eigenvalue weighted by Gasteiger charge is -2.28. The molecule has 0 unspecified atom stereocenters. The molecule has 1 N–H and O–H groups in total. The molecule has 2 atom stereocenters. The maximum atomic E-state index is 12.2. The van der Waals surface area contributed by atoms with Gasteiger partial charge in [-0.15, -0.1) is 0 Å². The largest absolute Gasteiger partial charge is 0.466 e. The first kappa shape index (κ1) is 16.2. The molecule has 0 bridgehead atoms. The Morgan fingerprint density at radius 3 is 2.23 bits per heavy atom. The second-order valence-corrected chi connectivity index (χ2v) is 5.20. The van der Waals surface area contributed by atoms with Crippen LogP contribution in [0.25, 0.3) is 0 Å². The highest BCUT2D eigenvalue weighted by molar-refractivity contribution is 5.83. The van der Waals surface area contributed by atoms with Gasteiger partial charge in [0.1, 0.15) is 5.82 Å². The van der Waals surface area contributed by atoms with Crippen molar-refractivity contribution in [2.24, 2.45) is 11.8 Å². The van der Waals surface area contributed by atoms with Crippen LogP contribution in [-0.2, 0) is 31.9 Å². The number of aromatic nitrogens is 2. The van der Waals surface area contributed by atoms with Gasteiger partial charge in [-0.2, -0.15) is 0 Å². The number of rotatable bonds is 4. The van der Waals surface area contributed by atoms with Crippen LogP contribution >= 0.6 is 0 Å². The molecule has 0 spiro atoms. The highest BCUT2D eigenvalue weighted by Crippen LogP contribution is 2.29. The molecule has 0 saturated carbocycles. The van der Waals surface area contributed by atoms with Crippen molar-refractivity contribution < 1.29 is 19.1 Å². The van der Waals surface area contributed by atoms with Crippen molar-refractivity contribution in [1.82, 2.24) is 9.97 Å². The molecular formula is C15H20N2O5. The highest BCUT2D eigenvalue weighted by atomic mass is 16.5. The van der Waals surface area contributed by atoms with Crippen molar-refractivity contribution in [2.75, 3.05) is 13.2 Å². The number of nitrogens with zero attached hydrogens (tertiary/aromatic N) is 1. The third-order valence-corrected chi connectivity index (χ3v) is 3.72. The molecule has 0 aromatic carbocycles. The van der Waals surface area contributed by atoms with Crippen LogP contribution in [0, 0.1) is 18.8 Å². The lowest BCUT2D eigenvalue weighted by molar-refractivity contribution is -0.160. The number of aromatic amines is 1. The minimum absolute atomic E-state index is 0.139. The Balaban J connectivity index is 2.39. The monoisotopic (exact) mass is 308 g/mol. The number of H-pyrrole nitrogens is 1. The van der Waals surface area contributed by atoms with Gasteiger partial charge in [-0.3, -0.25) is 14.4 Å². The van der Waals surface area contributed by atoms with Gasteiger partial charge in [0.2, 0.25) is 0 Å². The first-order valence-corrected chi connectivity index (χ1v) is 7.39. The Morgan fingerprint density at radius 2 is 1.68 bits per heavy atom. The quantitative estimate of drug-likeness (QED) is 0.815. The number of fused-ring (bicyclic) bond motifs is 1. The summed E-state index contributed by atoms with van der Waals surface area (Å²) in [6, 6.07) is 0. The lowest BCUT2D eigenvalue weighted by atomic mass is 9.78. The zero-order valence-electron chi connectivity index (χ0n) is 13.0. The molecule has 0 fully saturated rings. The van der Waals surface area contributed by atoms with Crippen LogP contribution in [-0.4, -0.2) is 35.1 Å². The van der Waals surface area contributed by atoms with Crippen molar-refractivity contribution in [3.05, 3.63) is 27.4 Å². The number of hydrogen-bond acceptors (Lipinski definition) is 6. The molecule has 0 aliphatic heterocycles. The fraction of sp³-hybridized carbons (Fsp3) is 0.600. The third kappa shape index (κ3) is 3.18. The van der Waals surface area contributed by atoms with Crippen molar-refractivity contribution in [2.45, 2.75) is 33.6 Å². The molecular weight excluding hydrogens is 288 g/mol. The summed E-state index contributed by atoms with van der Waals surface area (Å²) >= 11 is 0. The summed E-state index contributed by atoms with van der Waals surface area (Å²) in [5.41, 5.74) is 0.739. The molecule has 7 heteroatoms. The van der Waals surface area contributed by atoms with Gasteiger partial charge in [-0.05, 0) is 27.2 Å². The molecule has 1 aliphatic carbocycles. The number of carbonyl (C=O) groups is 2. The second kappa shape index (κ2) is 6.72. The van der Waals surface area contributed by atoms with Crippen LogP contribution in [0.2, 0.25) is 0 Å². The van der Waals surface area contributed by atoms with Crippen LogP contribution in [0.4, 0.5) is 0 Å². The van der Waals surface area contributed by atoms with E-state index in [1.807, 2.05) is 0 Å². The van der Waals surface area contributed by atoms with Crippen molar-refractivity contribution in [1.29, 1.82) is 0 Å². The molecule has 1 aromatic rings. The second-order valence-electron chi connectivity index (χ2n) is 5.20. The molecule has 7 nitrogen and oxygen atoms in total. The summed E-state index contributed by atoms with van der Waals surface area (Å²) in [6.07, 6.45) is 0.350. The summed E-state index contributed by atoms with van der Waals surface area (Å²) in [7, 11) is 0. The van der Waals surface area contributed by atoms with E-state index in [1.165, 1.54) is 0 Å². The predicted octanol–water partition coefficient (Wildman–Crippen LogP) is 0.536. The topological polar surface area (TPSA) is 98.4 Å². The van der Waals surface area contributed by atoms with Crippen LogP contribution in [0.15, 0.2) is 4.79 Å². The van der Waals surface area contributed by atoms with Crippen LogP contribution < -0.4 is 5.56 Å². The van der Waals surface area contributed by atoms with Crippen molar-refractivity contribution in [3.8, 4) is 0 Å². The Kier molecular flexibility index (Phi) is 4.95. The Labute approximate surface area is 128 Å². The molecule has 22 heavy (non-hydrogen) atoms. The lowest BCUT2D eigenvalue weighted by Crippen LogP contribution is -2.41. The average molecular weight is 308 g/mol. The average Bonchev–Trinajstić information content (AvgIpc) is 2.46. The van der Waals surface area contributed by atoms with Gasteiger partial charge in [0.25, 0.3) is 5.56 Å². The van der Waals surface area contributed by atoms with E-state index in [0.29, 0.717) is 17.1 Å². The summed E-state index contributed by atoms with van der Waals surface area (Å²) in [5.74, 6) is -1.82. The molecule has 1 aromatic heterocycles. The van der Waals surface area contributed by atoms with E-state index >= 15 is 0 Å². The van der Waals surface area contributed by atoms with E-state index in [-0.39, 0.29) is 31.6 Å². The number of ether oxygens (including phenoxy) is 2. The minimum Gasteiger partial charge on any atom is -0.466 e. The normalized spacial score (nSPS) is 20.1. The van der Waals surface area contributed by atoms with Gasteiger partial charge in [-0.25, -0.2) is 4.98 Å². The fourth-order valence-electron chi connectivity index (χ4n) is 2.75. The van der Waals surface area contributed by atoms with E-state index in [4.69, 9.17) is 9.47 Å². The Bertz CT molecular complexity index is 637. The Hall–Kier alpha value is -2.18. The Morgan fingerprint density at radius 1 is 1.14 bits per heavy atom. The number of carbonyl (C=O) groups excluding carboxylic acids is 2. The van der Waals surface area contributed by atoms with E-state index in [2.05, 4.69) is 9.97 Å². The van der Waals surface area contributed by atoms with Gasteiger partial charge in [0.15, 0.2) is 0 Å². The molecule has 0 saturated heterocycles. The van der Waals surface area contributed by atoms with Gasteiger partial charge < -0.3 is 14.5 Å². The minimum atomic E-state index is -0.711. The zero-order valence-corrected chi connectivity index (χ0v) is 13.0. The number of hydrogen-bond donors (Lipinski definition) is 1. The van der Waals surface area contributed by atoms with E-state index in [9.17, 15) is 14.4 Å². The molecule has 2 rings (SSSR count). The first-order valence-electron chi connectivity index (χ1n) is 7.39. The number of aryl methyl sites for hydroxylation is 1. The predicted molar refractivity (Wildman–Crippen MR) is 77.2 cm³/mol. The maximum Gasteiger partial charge on any atom is 0.310 e. The zero-order chi connectivity index (χ0) is 16.3. The molecule has 120 valence electrons.